The Hall–Kier alpha value is -1.75. The highest BCUT2D eigenvalue weighted by Gasteiger charge is 2.34. The number of aromatic carboxylic acids is 1. The van der Waals surface area contributed by atoms with E-state index >= 15 is 0 Å². The maximum absolute atomic E-state index is 11.3. The summed E-state index contributed by atoms with van der Waals surface area (Å²) in [6.45, 7) is 0. The Kier molecular flexibility index (Phi) is 4.18. The maximum Gasteiger partial charge on any atom is 0.335 e. The second kappa shape index (κ2) is 5.71. The smallest absolute Gasteiger partial charge is 0.335 e. The summed E-state index contributed by atoms with van der Waals surface area (Å²) in [6.07, 6.45) is 4.90. The summed E-state index contributed by atoms with van der Waals surface area (Å²) in [6, 6.07) is 3.09. The molecule has 110 valence electrons. The highest BCUT2D eigenvalue weighted by atomic mass is 16.5. The molecular weight excluding hydrogens is 258 g/mol. The number of carboxylic acids is 1. The van der Waals surface area contributed by atoms with Crippen LogP contribution in [-0.2, 0) is 5.54 Å². The van der Waals surface area contributed by atoms with E-state index in [4.69, 9.17) is 15.2 Å². The summed E-state index contributed by atoms with van der Waals surface area (Å²) in [5.41, 5.74) is 6.89. The van der Waals surface area contributed by atoms with Gasteiger partial charge in [0, 0.05) is 11.1 Å². The van der Waals surface area contributed by atoms with Gasteiger partial charge in [0.2, 0.25) is 0 Å². The van der Waals surface area contributed by atoms with E-state index in [9.17, 15) is 9.90 Å². The molecular formula is C15H21NO4. The Labute approximate surface area is 118 Å². The third-order valence-corrected chi connectivity index (χ3v) is 4.01. The van der Waals surface area contributed by atoms with Crippen molar-refractivity contribution in [1.82, 2.24) is 0 Å². The number of ether oxygens (including phenoxy) is 2. The fraction of sp³-hybridized carbons (Fsp3) is 0.533. The van der Waals surface area contributed by atoms with Crippen molar-refractivity contribution in [1.29, 1.82) is 0 Å². The predicted octanol–water partition coefficient (Wildman–Crippen LogP) is 2.52. The van der Waals surface area contributed by atoms with Crippen LogP contribution in [0, 0.1) is 0 Å². The summed E-state index contributed by atoms with van der Waals surface area (Å²) >= 11 is 0. The first-order chi connectivity index (χ1) is 9.51. The standard InChI is InChI=1S/C15H21NO4/c1-19-12-9-10(14(17)18)8-11(13(12)20-2)15(16)6-4-3-5-7-15/h8-9H,3-7,16H2,1-2H3,(H,17,18). The molecule has 5 nitrogen and oxygen atoms in total. The van der Waals surface area contributed by atoms with Gasteiger partial charge in [-0.15, -0.1) is 0 Å². The van der Waals surface area contributed by atoms with Crippen LogP contribution in [-0.4, -0.2) is 25.3 Å². The van der Waals surface area contributed by atoms with Crippen LogP contribution in [0.15, 0.2) is 12.1 Å². The molecule has 1 aromatic carbocycles. The van der Waals surface area contributed by atoms with E-state index in [0.717, 1.165) is 37.7 Å². The zero-order chi connectivity index (χ0) is 14.8. The molecule has 1 fully saturated rings. The third-order valence-electron chi connectivity index (χ3n) is 4.01. The number of carboxylic acid groups (broad SMARTS) is 1. The molecule has 5 heteroatoms. The molecule has 0 saturated heterocycles. The summed E-state index contributed by atoms with van der Waals surface area (Å²) in [5.74, 6) is -0.0358. The maximum atomic E-state index is 11.3. The quantitative estimate of drug-likeness (QED) is 0.885. The van der Waals surface area contributed by atoms with E-state index in [2.05, 4.69) is 0 Å². The van der Waals surface area contributed by atoms with E-state index in [1.807, 2.05) is 0 Å². The van der Waals surface area contributed by atoms with Crippen LogP contribution >= 0.6 is 0 Å². The minimum absolute atomic E-state index is 0.174. The average Bonchev–Trinajstić information content (AvgIpc) is 2.46. The Morgan fingerprint density at radius 3 is 2.35 bits per heavy atom. The van der Waals surface area contributed by atoms with Crippen molar-refractivity contribution in [2.75, 3.05) is 14.2 Å². The minimum Gasteiger partial charge on any atom is -0.493 e. The lowest BCUT2D eigenvalue weighted by Crippen LogP contribution is -2.39. The van der Waals surface area contributed by atoms with Gasteiger partial charge in [-0.05, 0) is 25.0 Å². The lowest BCUT2D eigenvalue weighted by atomic mass is 9.76. The van der Waals surface area contributed by atoms with Crippen molar-refractivity contribution < 1.29 is 19.4 Å². The van der Waals surface area contributed by atoms with Crippen LogP contribution in [0.2, 0.25) is 0 Å². The van der Waals surface area contributed by atoms with Gasteiger partial charge in [-0.2, -0.15) is 0 Å². The molecule has 0 spiro atoms. The van der Waals surface area contributed by atoms with Gasteiger partial charge in [-0.1, -0.05) is 19.3 Å². The second-order valence-corrected chi connectivity index (χ2v) is 5.28. The number of methoxy groups -OCH3 is 2. The number of carbonyl (C=O) groups is 1. The topological polar surface area (TPSA) is 81.8 Å². The molecule has 3 N–H and O–H groups in total. The normalized spacial score (nSPS) is 17.6. The van der Waals surface area contributed by atoms with Crippen LogP contribution in [0.1, 0.15) is 48.0 Å². The lowest BCUT2D eigenvalue weighted by Gasteiger charge is -2.35. The van der Waals surface area contributed by atoms with Crippen LogP contribution < -0.4 is 15.2 Å². The highest BCUT2D eigenvalue weighted by Crippen LogP contribution is 2.43. The zero-order valence-corrected chi connectivity index (χ0v) is 11.9. The van der Waals surface area contributed by atoms with Crippen LogP contribution in [0.5, 0.6) is 11.5 Å². The molecule has 1 saturated carbocycles. The van der Waals surface area contributed by atoms with Crippen molar-refractivity contribution in [3.63, 3.8) is 0 Å². The van der Waals surface area contributed by atoms with Crippen molar-refractivity contribution >= 4 is 5.97 Å². The van der Waals surface area contributed by atoms with Gasteiger partial charge in [0.25, 0.3) is 0 Å². The Balaban J connectivity index is 2.59. The van der Waals surface area contributed by atoms with Crippen LogP contribution in [0.25, 0.3) is 0 Å². The number of hydrogen-bond donors (Lipinski definition) is 2. The molecule has 0 aliphatic heterocycles. The number of rotatable bonds is 4. The van der Waals surface area contributed by atoms with Gasteiger partial charge in [0.05, 0.1) is 19.8 Å². The van der Waals surface area contributed by atoms with E-state index in [1.54, 1.807) is 13.2 Å². The molecule has 20 heavy (non-hydrogen) atoms. The highest BCUT2D eigenvalue weighted by molar-refractivity contribution is 5.89. The molecule has 0 aromatic heterocycles. The Bertz CT molecular complexity index is 507. The molecule has 0 amide bonds. The molecule has 0 atom stereocenters. The number of nitrogens with two attached hydrogens (primary N) is 1. The summed E-state index contributed by atoms with van der Waals surface area (Å²) in [4.78, 5) is 11.3. The Morgan fingerprint density at radius 1 is 1.20 bits per heavy atom. The van der Waals surface area contributed by atoms with E-state index in [1.165, 1.54) is 13.2 Å². The molecule has 1 aromatic rings. The average molecular weight is 279 g/mol. The predicted molar refractivity (Wildman–Crippen MR) is 75.5 cm³/mol. The molecule has 0 unspecified atom stereocenters. The van der Waals surface area contributed by atoms with E-state index in [-0.39, 0.29) is 5.56 Å². The van der Waals surface area contributed by atoms with Gasteiger partial charge < -0.3 is 20.3 Å². The molecule has 0 heterocycles. The van der Waals surface area contributed by atoms with Crippen molar-refractivity contribution in [3.8, 4) is 11.5 Å². The fourth-order valence-corrected chi connectivity index (χ4v) is 2.91. The summed E-state index contributed by atoms with van der Waals surface area (Å²) < 4.78 is 10.7. The Morgan fingerprint density at radius 2 is 1.85 bits per heavy atom. The van der Waals surface area contributed by atoms with Crippen LogP contribution in [0.3, 0.4) is 0 Å². The first kappa shape index (κ1) is 14.7. The van der Waals surface area contributed by atoms with Gasteiger partial charge in [0.15, 0.2) is 11.5 Å². The molecule has 0 radical (unpaired) electrons. The van der Waals surface area contributed by atoms with Gasteiger partial charge in [0.1, 0.15) is 0 Å². The van der Waals surface area contributed by atoms with E-state index < -0.39 is 11.5 Å². The van der Waals surface area contributed by atoms with Crippen molar-refractivity contribution in [2.24, 2.45) is 5.73 Å². The number of hydrogen-bond acceptors (Lipinski definition) is 4. The molecule has 2 rings (SSSR count). The van der Waals surface area contributed by atoms with Gasteiger partial charge in [-0.3, -0.25) is 0 Å². The number of benzene rings is 1. The fourth-order valence-electron chi connectivity index (χ4n) is 2.91. The first-order valence-electron chi connectivity index (χ1n) is 6.80. The van der Waals surface area contributed by atoms with E-state index in [0.29, 0.717) is 11.5 Å². The van der Waals surface area contributed by atoms with Gasteiger partial charge >= 0.3 is 5.97 Å². The minimum atomic E-state index is -0.994. The van der Waals surface area contributed by atoms with Crippen LogP contribution in [0.4, 0.5) is 0 Å². The van der Waals surface area contributed by atoms with Gasteiger partial charge in [-0.25, -0.2) is 4.79 Å². The summed E-state index contributed by atoms with van der Waals surface area (Å²) in [7, 11) is 3.05. The lowest BCUT2D eigenvalue weighted by molar-refractivity contribution is 0.0696. The van der Waals surface area contributed by atoms with Crippen molar-refractivity contribution in [2.45, 2.75) is 37.6 Å². The SMILES string of the molecule is COc1cc(C(=O)O)cc(C2(N)CCCCC2)c1OC. The second-order valence-electron chi connectivity index (χ2n) is 5.28. The molecule has 1 aliphatic carbocycles. The summed E-state index contributed by atoms with van der Waals surface area (Å²) in [5, 5.41) is 9.24. The van der Waals surface area contributed by atoms with Crippen molar-refractivity contribution in [3.05, 3.63) is 23.3 Å². The third kappa shape index (κ3) is 2.58. The monoisotopic (exact) mass is 279 g/mol. The molecule has 1 aliphatic rings. The first-order valence-corrected chi connectivity index (χ1v) is 6.80. The molecule has 0 bridgehead atoms. The largest absolute Gasteiger partial charge is 0.493 e. The zero-order valence-electron chi connectivity index (χ0n) is 11.9.